The molecule has 1 atom stereocenters. The molecular weight excluding hydrogens is 324 g/mol. The molecule has 24 heavy (non-hydrogen) atoms. The van der Waals surface area contributed by atoms with Crippen molar-refractivity contribution in [2.24, 2.45) is 0 Å². The fourth-order valence-corrected chi connectivity index (χ4v) is 3.56. The molecule has 1 amide bonds. The molecule has 0 unspecified atom stereocenters. The molecule has 0 saturated heterocycles. The highest BCUT2D eigenvalue weighted by atomic mass is 32.2. The van der Waals surface area contributed by atoms with Crippen LogP contribution in [0.5, 0.6) is 5.75 Å². The van der Waals surface area contributed by atoms with E-state index in [4.69, 9.17) is 4.74 Å². The summed E-state index contributed by atoms with van der Waals surface area (Å²) in [7, 11) is 1.63. The lowest BCUT2D eigenvalue weighted by atomic mass is 10.2. The van der Waals surface area contributed by atoms with Gasteiger partial charge in [0.15, 0.2) is 5.16 Å². The number of amides is 1. The number of benzene rings is 1. The van der Waals surface area contributed by atoms with Crippen LogP contribution in [0.2, 0.25) is 0 Å². The van der Waals surface area contributed by atoms with Crippen LogP contribution in [0.3, 0.4) is 0 Å². The Kier molecular flexibility index (Phi) is 5.08. The minimum absolute atomic E-state index is 0.0195. The van der Waals surface area contributed by atoms with Gasteiger partial charge >= 0.3 is 0 Å². The maximum atomic E-state index is 12.4. The van der Waals surface area contributed by atoms with Gasteiger partial charge in [0.1, 0.15) is 11.6 Å². The summed E-state index contributed by atoms with van der Waals surface area (Å²) in [6.07, 6.45) is 2.33. The molecular formula is C17H22N4O2S. The van der Waals surface area contributed by atoms with Gasteiger partial charge in [0.2, 0.25) is 5.91 Å². The Balaban J connectivity index is 1.59. The van der Waals surface area contributed by atoms with Gasteiger partial charge in [-0.3, -0.25) is 4.79 Å². The summed E-state index contributed by atoms with van der Waals surface area (Å²) >= 11 is 1.46. The number of hydrogen-bond acceptors (Lipinski definition) is 5. The Labute approximate surface area is 146 Å². The lowest BCUT2D eigenvalue weighted by molar-refractivity contribution is -0.120. The standard InChI is InChI=1S/C17H22N4O2S/c1-11(24-17-20-19-12(2)21(17)14-8-9-14)16(22)18-10-13-6-4-5-7-15(13)23-3/h4-7,11,14H,8-10H2,1-3H3,(H,18,22)/t11-/m0/s1. The van der Waals surface area contributed by atoms with E-state index in [2.05, 4.69) is 20.1 Å². The molecule has 7 heteroatoms. The van der Waals surface area contributed by atoms with E-state index >= 15 is 0 Å². The van der Waals surface area contributed by atoms with E-state index in [0.717, 1.165) is 22.3 Å². The quantitative estimate of drug-likeness (QED) is 0.781. The molecule has 0 radical (unpaired) electrons. The van der Waals surface area contributed by atoms with Gasteiger partial charge in [0.05, 0.1) is 12.4 Å². The normalized spacial score (nSPS) is 15.1. The third kappa shape index (κ3) is 3.72. The van der Waals surface area contributed by atoms with E-state index in [-0.39, 0.29) is 11.2 Å². The molecule has 1 aliphatic rings. The van der Waals surface area contributed by atoms with Crippen LogP contribution in [-0.4, -0.2) is 33.0 Å². The fraction of sp³-hybridized carbons (Fsp3) is 0.471. The topological polar surface area (TPSA) is 69.0 Å². The van der Waals surface area contributed by atoms with Crippen LogP contribution in [0.1, 0.15) is 37.2 Å². The van der Waals surface area contributed by atoms with E-state index in [1.807, 2.05) is 38.1 Å². The van der Waals surface area contributed by atoms with Crippen molar-refractivity contribution >= 4 is 17.7 Å². The number of thioether (sulfide) groups is 1. The maximum Gasteiger partial charge on any atom is 0.233 e. The smallest absolute Gasteiger partial charge is 0.233 e. The lowest BCUT2D eigenvalue weighted by Gasteiger charge is -2.14. The Hall–Kier alpha value is -2.02. The van der Waals surface area contributed by atoms with Crippen LogP contribution < -0.4 is 10.1 Å². The number of aryl methyl sites for hydroxylation is 1. The maximum absolute atomic E-state index is 12.4. The molecule has 1 saturated carbocycles. The van der Waals surface area contributed by atoms with Crippen molar-refractivity contribution in [1.82, 2.24) is 20.1 Å². The number of carbonyl (C=O) groups excluding carboxylic acids is 1. The predicted octanol–water partition coefficient (Wildman–Crippen LogP) is 2.73. The summed E-state index contributed by atoms with van der Waals surface area (Å²) in [6.45, 7) is 4.30. The van der Waals surface area contributed by atoms with Gasteiger partial charge in [-0.25, -0.2) is 0 Å². The SMILES string of the molecule is COc1ccccc1CNC(=O)[C@H](C)Sc1nnc(C)n1C1CC1. The van der Waals surface area contributed by atoms with Crippen LogP contribution >= 0.6 is 11.8 Å². The summed E-state index contributed by atoms with van der Waals surface area (Å²) in [5.41, 5.74) is 0.961. The predicted molar refractivity (Wildman–Crippen MR) is 93.2 cm³/mol. The van der Waals surface area contributed by atoms with Gasteiger partial charge in [-0.2, -0.15) is 0 Å². The van der Waals surface area contributed by atoms with E-state index in [1.54, 1.807) is 7.11 Å². The summed E-state index contributed by atoms with van der Waals surface area (Å²) < 4.78 is 7.45. The van der Waals surface area contributed by atoms with E-state index < -0.39 is 0 Å². The molecule has 3 rings (SSSR count). The molecule has 1 aliphatic carbocycles. The second-order valence-corrected chi connectivity index (χ2v) is 7.23. The van der Waals surface area contributed by atoms with Crippen LogP contribution in [0.4, 0.5) is 0 Å². The first-order valence-electron chi connectivity index (χ1n) is 8.08. The van der Waals surface area contributed by atoms with Crippen molar-refractivity contribution in [2.75, 3.05) is 7.11 Å². The number of ether oxygens (including phenoxy) is 1. The Morgan fingerprint density at radius 1 is 1.42 bits per heavy atom. The highest BCUT2D eigenvalue weighted by Gasteiger charge is 2.29. The monoisotopic (exact) mass is 346 g/mol. The Morgan fingerprint density at radius 3 is 2.88 bits per heavy atom. The number of aromatic nitrogens is 3. The molecule has 2 aromatic rings. The van der Waals surface area contributed by atoms with E-state index in [0.29, 0.717) is 12.6 Å². The average molecular weight is 346 g/mol. The molecule has 1 aromatic heterocycles. The second-order valence-electron chi connectivity index (χ2n) is 5.92. The van der Waals surface area contributed by atoms with E-state index in [1.165, 1.54) is 24.6 Å². The molecule has 0 bridgehead atoms. The highest BCUT2D eigenvalue weighted by Crippen LogP contribution is 2.39. The highest BCUT2D eigenvalue weighted by molar-refractivity contribution is 8.00. The van der Waals surface area contributed by atoms with Crippen LogP contribution in [0, 0.1) is 6.92 Å². The van der Waals surface area contributed by atoms with Crippen LogP contribution in [0.25, 0.3) is 0 Å². The second kappa shape index (κ2) is 7.25. The molecule has 0 spiro atoms. The average Bonchev–Trinajstić information content (AvgIpc) is 3.36. The van der Waals surface area contributed by atoms with Crippen molar-refractivity contribution in [3.63, 3.8) is 0 Å². The largest absolute Gasteiger partial charge is 0.496 e. The van der Waals surface area contributed by atoms with Gasteiger partial charge in [0, 0.05) is 18.2 Å². The number of hydrogen-bond donors (Lipinski definition) is 1. The fourth-order valence-electron chi connectivity index (χ4n) is 2.57. The van der Waals surface area contributed by atoms with Crippen LogP contribution in [0.15, 0.2) is 29.4 Å². The molecule has 0 aliphatic heterocycles. The molecule has 1 aromatic carbocycles. The first-order chi connectivity index (χ1) is 11.6. The zero-order chi connectivity index (χ0) is 17.1. The molecule has 6 nitrogen and oxygen atoms in total. The Bertz CT molecular complexity index is 727. The van der Waals surface area contributed by atoms with Crippen molar-refractivity contribution in [3.05, 3.63) is 35.7 Å². The van der Waals surface area contributed by atoms with Gasteiger partial charge in [-0.15, -0.1) is 10.2 Å². The van der Waals surface area contributed by atoms with Gasteiger partial charge in [-0.05, 0) is 32.8 Å². The minimum atomic E-state index is -0.235. The summed E-state index contributed by atoms with van der Waals surface area (Å²) in [4.78, 5) is 12.4. The first kappa shape index (κ1) is 16.8. The molecule has 1 N–H and O–H groups in total. The van der Waals surface area contributed by atoms with Gasteiger partial charge in [-0.1, -0.05) is 30.0 Å². The number of nitrogens with one attached hydrogen (secondary N) is 1. The van der Waals surface area contributed by atoms with Crippen molar-refractivity contribution < 1.29 is 9.53 Å². The summed E-state index contributed by atoms with van der Waals surface area (Å²) in [6, 6.07) is 8.19. The van der Waals surface area contributed by atoms with Crippen molar-refractivity contribution in [2.45, 2.75) is 49.7 Å². The molecule has 1 fully saturated rings. The Morgan fingerprint density at radius 2 is 2.17 bits per heavy atom. The molecule has 128 valence electrons. The number of methoxy groups -OCH3 is 1. The van der Waals surface area contributed by atoms with Gasteiger partial charge < -0.3 is 14.6 Å². The van der Waals surface area contributed by atoms with E-state index in [9.17, 15) is 4.79 Å². The van der Waals surface area contributed by atoms with Crippen molar-refractivity contribution in [1.29, 1.82) is 0 Å². The third-order valence-corrected chi connectivity index (χ3v) is 5.10. The summed E-state index contributed by atoms with van der Waals surface area (Å²) in [5.74, 6) is 1.68. The minimum Gasteiger partial charge on any atom is -0.496 e. The number of para-hydroxylation sites is 1. The third-order valence-electron chi connectivity index (χ3n) is 4.04. The molecule has 1 heterocycles. The zero-order valence-corrected chi connectivity index (χ0v) is 15.0. The van der Waals surface area contributed by atoms with Crippen molar-refractivity contribution in [3.8, 4) is 5.75 Å². The van der Waals surface area contributed by atoms with Gasteiger partial charge in [0.25, 0.3) is 0 Å². The number of carbonyl (C=O) groups is 1. The number of nitrogens with zero attached hydrogens (tertiary/aromatic N) is 3. The summed E-state index contributed by atoms with van der Waals surface area (Å²) in [5, 5.41) is 11.9. The first-order valence-corrected chi connectivity index (χ1v) is 8.96. The zero-order valence-electron chi connectivity index (χ0n) is 14.2. The number of rotatable bonds is 7. The lowest BCUT2D eigenvalue weighted by Crippen LogP contribution is -2.30. The van der Waals surface area contributed by atoms with Crippen LogP contribution in [-0.2, 0) is 11.3 Å².